The number of hydrogen-bond donors (Lipinski definition) is 1. The summed E-state index contributed by atoms with van der Waals surface area (Å²) in [5.41, 5.74) is 2.84. The van der Waals surface area contributed by atoms with Crippen molar-refractivity contribution in [2.24, 2.45) is 5.92 Å². The second kappa shape index (κ2) is 10.4. The van der Waals surface area contributed by atoms with Crippen molar-refractivity contribution in [3.8, 4) is 0 Å². The molecule has 0 amide bonds. The number of rotatable bonds is 9. The molecule has 0 aliphatic rings. The van der Waals surface area contributed by atoms with Gasteiger partial charge in [0.25, 0.3) is 0 Å². The average molecular weight is 438 g/mol. The largest absolute Gasteiger partial charge is 0.469 e. The number of aryl methyl sites for hydroxylation is 1. The summed E-state index contributed by atoms with van der Waals surface area (Å²) in [5.74, 6) is -1.13. The molecule has 0 unspecified atom stereocenters. The summed E-state index contributed by atoms with van der Waals surface area (Å²) in [5, 5.41) is 0. The Balaban J connectivity index is 1.96. The van der Waals surface area contributed by atoms with Crippen LogP contribution in [0.5, 0.6) is 0 Å². The molecule has 1 N–H and O–H groups in total. The lowest BCUT2D eigenvalue weighted by molar-refractivity contribution is -0.146. The van der Waals surface area contributed by atoms with E-state index in [0.717, 1.165) is 16.7 Å². The lowest BCUT2D eigenvalue weighted by atomic mass is 9.89. The summed E-state index contributed by atoms with van der Waals surface area (Å²) in [4.78, 5) is 12.9. The number of methoxy groups -OCH3 is 1. The van der Waals surface area contributed by atoms with Crippen molar-refractivity contribution in [2.75, 3.05) is 7.11 Å². The van der Waals surface area contributed by atoms with E-state index in [2.05, 4.69) is 4.72 Å². The highest BCUT2D eigenvalue weighted by atomic mass is 32.2. The molecular weight excluding hydrogens is 410 g/mol. The Morgan fingerprint density at radius 1 is 0.839 bits per heavy atom. The molecule has 0 radical (unpaired) electrons. The van der Waals surface area contributed by atoms with Gasteiger partial charge in [-0.2, -0.15) is 0 Å². The Morgan fingerprint density at radius 3 is 1.87 bits per heavy atom. The molecule has 2 atom stereocenters. The van der Waals surface area contributed by atoms with Crippen LogP contribution in [0.1, 0.15) is 16.7 Å². The van der Waals surface area contributed by atoms with Gasteiger partial charge in [-0.15, -0.1) is 0 Å². The first kappa shape index (κ1) is 22.7. The molecule has 0 bridgehead atoms. The van der Waals surface area contributed by atoms with Gasteiger partial charge in [0, 0.05) is 6.04 Å². The minimum atomic E-state index is -3.83. The number of hydrogen-bond acceptors (Lipinski definition) is 4. The summed E-state index contributed by atoms with van der Waals surface area (Å²) in [6, 6.07) is 25.0. The molecule has 0 spiro atoms. The molecule has 0 aromatic heterocycles. The first-order chi connectivity index (χ1) is 14.9. The normalized spacial score (nSPS) is 13.4. The number of esters is 1. The maximum absolute atomic E-state index is 13.1. The van der Waals surface area contributed by atoms with E-state index in [9.17, 15) is 13.2 Å². The van der Waals surface area contributed by atoms with Crippen molar-refractivity contribution in [3.05, 3.63) is 102 Å². The molecule has 162 valence electrons. The standard InChI is InChI=1S/C25H27NO4S/c1-19-13-15-22(16-14-19)31(28,29)26-24(18-21-11-7-4-8-12-21)23(25(27)30-2)17-20-9-5-3-6-10-20/h3-16,23-24,26H,17-18H2,1-2H3/t23-,24+/m1/s1. The smallest absolute Gasteiger partial charge is 0.310 e. The molecular formula is C25H27NO4S. The van der Waals surface area contributed by atoms with Crippen LogP contribution in [-0.4, -0.2) is 27.5 Å². The number of nitrogens with one attached hydrogen (secondary N) is 1. The Bertz CT molecular complexity index is 1080. The van der Waals surface area contributed by atoms with Gasteiger partial charge < -0.3 is 4.74 Å². The predicted molar refractivity (Wildman–Crippen MR) is 121 cm³/mol. The van der Waals surface area contributed by atoms with Gasteiger partial charge in [0.1, 0.15) is 0 Å². The number of carbonyl (C=O) groups is 1. The Morgan fingerprint density at radius 2 is 1.35 bits per heavy atom. The SMILES string of the molecule is COC(=O)[C@H](Cc1ccccc1)[C@H](Cc1ccccc1)NS(=O)(=O)c1ccc(C)cc1. The van der Waals surface area contributed by atoms with E-state index in [1.807, 2.05) is 67.6 Å². The van der Waals surface area contributed by atoms with Crippen LogP contribution in [0.15, 0.2) is 89.8 Å². The monoisotopic (exact) mass is 437 g/mol. The van der Waals surface area contributed by atoms with E-state index < -0.39 is 28.0 Å². The molecule has 3 aromatic rings. The molecule has 0 aliphatic carbocycles. The van der Waals surface area contributed by atoms with Crippen LogP contribution in [0.4, 0.5) is 0 Å². The van der Waals surface area contributed by atoms with E-state index in [0.29, 0.717) is 12.8 Å². The summed E-state index contributed by atoms with van der Waals surface area (Å²) < 4.78 is 34.1. The Labute approximate surface area is 184 Å². The second-order valence-electron chi connectivity index (χ2n) is 7.55. The van der Waals surface area contributed by atoms with Crippen LogP contribution in [0.25, 0.3) is 0 Å². The fraction of sp³-hybridized carbons (Fsp3) is 0.240. The maximum Gasteiger partial charge on any atom is 0.310 e. The number of ether oxygens (including phenoxy) is 1. The quantitative estimate of drug-likeness (QED) is 0.515. The van der Waals surface area contributed by atoms with Crippen molar-refractivity contribution in [3.63, 3.8) is 0 Å². The first-order valence-electron chi connectivity index (χ1n) is 10.1. The lowest BCUT2D eigenvalue weighted by Crippen LogP contribution is -2.46. The van der Waals surface area contributed by atoms with Crippen LogP contribution >= 0.6 is 0 Å². The molecule has 3 rings (SSSR count). The van der Waals surface area contributed by atoms with Crippen molar-refractivity contribution in [1.82, 2.24) is 4.72 Å². The van der Waals surface area contributed by atoms with Gasteiger partial charge in [0.05, 0.1) is 17.9 Å². The van der Waals surface area contributed by atoms with Crippen molar-refractivity contribution in [1.29, 1.82) is 0 Å². The molecule has 0 fully saturated rings. The zero-order chi connectivity index (χ0) is 22.3. The summed E-state index contributed by atoms with van der Waals surface area (Å²) in [7, 11) is -2.51. The Kier molecular flexibility index (Phi) is 7.60. The number of carbonyl (C=O) groups excluding carboxylic acids is 1. The van der Waals surface area contributed by atoms with E-state index in [-0.39, 0.29) is 4.90 Å². The van der Waals surface area contributed by atoms with Gasteiger partial charge in [-0.05, 0) is 43.0 Å². The highest BCUT2D eigenvalue weighted by Gasteiger charge is 2.33. The van der Waals surface area contributed by atoms with Gasteiger partial charge in [-0.3, -0.25) is 4.79 Å². The van der Waals surface area contributed by atoms with Crippen LogP contribution < -0.4 is 4.72 Å². The molecule has 5 nitrogen and oxygen atoms in total. The fourth-order valence-electron chi connectivity index (χ4n) is 3.53. The van der Waals surface area contributed by atoms with E-state index in [1.165, 1.54) is 7.11 Å². The summed E-state index contributed by atoms with van der Waals surface area (Å²) in [6.45, 7) is 1.90. The molecule has 3 aromatic carbocycles. The first-order valence-corrected chi connectivity index (χ1v) is 11.6. The molecule has 6 heteroatoms. The highest BCUT2D eigenvalue weighted by Crippen LogP contribution is 2.21. The van der Waals surface area contributed by atoms with Gasteiger partial charge >= 0.3 is 5.97 Å². The third-order valence-electron chi connectivity index (χ3n) is 5.22. The highest BCUT2D eigenvalue weighted by molar-refractivity contribution is 7.89. The lowest BCUT2D eigenvalue weighted by Gasteiger charge is -2.26. The summed E-state index contributed by atoms with van der Waals surface area (Å²) >= 11 is 0. The molecule has 0 heterocycles. The predicted octanol–water partition coefficient (Wildman–Crippen LogP) is 3.92. The van der Waals surface area contributed by atoms with Gasteiger partial charge in [0.15, 0.2) is 0 Å². The minimum Gasteiger partial charge on any atom is -0.469 e. The van der Waals surface area contributed by atoms with Crippen LogP contribution in [-0.2, 0) is 32.4 Å². The summed E-state index contributed by atoms with van der Waals surface area (Å²) in [6.07, 6.45) is 0.722. The van der Waals surface area contributed by atoms with Crippen molar-refractivity contribution in [2.45, 2.75) is 30.7 Å². The zero-order valence-corrected chi connectivity index (χ0v) is 18.5. The van der Waals surface area contributed by atoms with Crippen LogP contribution in [0.3, 0.4) is 0 Å². The fourth-order valence-corrected chi connectivity index (χ4v) is 4.80. The maximum atomic E-state index is 13.1. The third-order valence-corrected chi connectivity index (χ3v) is 6.73. The van der Waals surface area contributed by atoms with Crippen LogP contribution in [0.2, 0.25) is 0 Å². The van der Waals surface area contributed by atoms with E-state index in [1.54, 1.807) is 24.3 Å². The zero-order valence-electron chi connectivity index (χ0n) is 17.7. The molecule has 0 saturated heterocycles. The van der Waals surface area contributed by atoms with E-state index >= 15 is 0 Å². The topological polar surface area (TPSA) is 72.5 Å². The number of benzene rings is 3. The van der Waals surface area contributed by atoms with Crippen molar-refractivity contribution < 1.29 is 17.9 Å². The molecule has 0 aliphatic heterocycles. The molecule has 0 saturated carbocycles. The van der Waals surface area contributed by atoms with Gasteiger partial charge in [0.2, 0.25) is 10.0 Å². The molecule has 31 heavy (non-hydrogen) atoms. The number of sulfonamides is 1. The van der Waals surface area contributed by atoms with Gasteiger partial charge in [-0.25, -0.2) is 13.1 Å². The second-order valence-corrected chi connectivity index (χ2v) is 9.26. The third kappa shape index (κ3) is 6.26. The minimum absolute atomic E-state index is 0.166. The van der Waals surface area contributed by atoms with Gasteiger partial charge in [-0.1, -0.05) is 78.4 Å². The Hall–Kier alpha value is -2.96. The average Bonchev–Trinajstić information content (AvgIpc) is 2.78. The van der Waals surface area contributed by atoms with E-state index in [4.69, 9.17) is 4.74 Å². The van der Waals surface area contributed by atoms with Crippen molar-refractivity contribution >= 4 is 16.0 Å². The van der Waals surface area contributed by atoms with Crippen LogP contribution in [0, 0.1) is 12.8 Å².